The van der Waals surface area contributed by atoms with Gasteiger partial charge in [0.2, 0.25) is 0 Å². The van der Waals surface area contributed by atoms with Crippen LogP contribution in [0.15, 0.2) is 158 Å². The van der Waals surface area contributed by atoms with Gasteiger partial charge in [0.15, 0.2) is 11.2 Å². The lowest BCUT2D eigenvalue weighted by atomic mass is 9.77. The zero-order valence-corrected chi connectivity index (χ0v) is 49.6. The molecule has 432 valence electrons. The third kappa shape index (κ3) is 9.17. The number of anilines is 6. The molecule has 14 heteroatoms. The Hall–Kier alpha value is -9.56. The monoisotopic (exact) mass is 1140 g/mol. The highest BCUT2D eigenvalue weighted by molar-refractivity contribution is 6.01. The van der Waals surface area contributed by atoms with Crippen LogP contribution in [0.4, 0.5) is 43.7 Å². The summed E-state index contributed by atoms with van der Waals surface area (Å²) in [4.78, 5) is 64.2. The number of esters is 2. The molecule has 2 atom stereocenters. The average Bonchev–Trinajstić information content (AvgIpc) is 1.69. The summed E-state index contributed by atoms with van der Waals surface area (Å²) in [7, 11) is 7.83. The number of ether oxygens (including phenoxy) is 6. The fourth-order valence-electron chi connectivity index (χ4n) is 12.3. The maximum atomic E-state index is 14.6. The van der Waals surface area contributed by atoms with Crippen molar-refractivity contribution in [1.82, 2.24) is 0 Å². The van der Waals surface area contributed by atoms with Gasteiger partial charge in [-0.1, -0.05) is 101 Å². The van der Waals surface area contributed by atoms with Gasteiger partial charge in [-0.3, -0.25) is 0 Å². The number of benzene rings is 8. The molecule has 8 aromatic carbocycles. The molecular formula is C71H68N4O10. The molecule has 2 amide bonds. The lowest BCUT2D eigenvalue weighted by molar-refractivity contribution is 0.0214. The first-order chi connectivity index (χ1) is 40.9. The van der Waals surface area contributed by atoms with Gasteiger partial charge in [-0.15, -0.1) is 0 Å². The Labute approximate surface area is 496 Å². The minimum Gasteiger partial charge on any atom is -0.456 e. The minimum absolute atomic E-state index is 0.224. The van der Waals surface area contributed by atoms with Crippen molar-refractivity contribution in [1.29, 1.82) is 0 Å². The van der Waals surface area contributed by atoms with E-state index in [1.807, 2.05) is 211 Å². The number of carbonyl (C=O) groups is 4. The van der Waals surface area contributed by atoms with Gasteiger partial charge in [0.05, 0.1) is 47.1 Å². The fraction of sp³-hybridized carbons (Fsp3) is 0.268. The van der Waals surface area contributed by atoms with Crippen molar-refractivity contribution in [3.8, 4) is 23.0 Å². The lowest BCUT2D eigenvalue weighted by Crippen LogP contribution is -2.34. The Morgan fingerprint density at radius 1 is 0.459 bits per heavy atom. The van der Waals surface area contributed by atoms with Crippen LogP contribution in [-0.2, 0) is 35.6 Å². The van der Waals surface area contributed by atoms with Crippen LogP contribution >= 0.6 is 0 Å². The largest absolute Gasteiger partial charge is 0.456 e. The van der Waals surface area contributed by atoms with E-state index in [0.29, 0.717) is 103 Å². The highest BCUT2D eigenvalue weighted by atomic mass is 16.6. The molecule has 12 rings (SSSR count). The summed E-state index contributed by atoms with van der Waals surface area (Å²) in [6.45, 7) is 12.6. The first kappa shape index (κ1) is 55.9. The van der Waals surface area contributed by atoms with Crippen molar-refractivity contribution in [3.63, 3.8) is 0 Å². The Balaban J connectivity index is 0.904. The number of amides is 2. The predicted molar refractivity (Wildman–Crippen MR) is 329 cm³/mol. The number of hydrogen-bond donors (Lipinski definition) is 0. The molecular weight excluding hydrogens is 1070 g/mol. The van der Waals surface area contributed by atoms with Crippen LogP contribution in [0.5, 0.6) is 23.0 Å². The molecule has 2 spiro atoms. The number of rotatable bonds is 14. The Morgan fingerprint density at radius 2 is 0.824 bits per heavy atom. The van der Waals surface area contributed by atoms with Crippen molar-refractivity contribution in [2.45, 2.75) is 83.8 Å². The molecule has 0 N–H and O–H groups in total. The molecule has 0 aliphatic carbocycles. The highest BCUT2D eigenvalue weighted by Crippen LogP contribution is 2.60. The summed E-state index contributed by atoms with van der Waals surface area (Å²) in [6.07, 6.45) is 1.92. The first-order valence-corrected chi connectivity index (χ1v) is 29.0. The maximum absolute atomic E-state index is 14.6. The van der Waals surface area contributed by atoms with E-state index in [1.165, 1.54) is 0 Å². The van der Waals surface area contributed by atoms with Crippen molar-refractivity contribution in [2.24, 2.45) is 0 Å². The molecule has 0 saturated carbocycles. The quantitative estimate of drug-likeness (QED) is 0.0582. The molecule has 4 heterocycles. The average molecular weight is 1140 g/mol. The first-order valence-electron chi connectivity index (χ1n) is 29.0. The number of carbonyl (C=O) groups excluding carboxylic acids is 4. The molecule has 8 aromatic rings. The Kier molecular flexibility index (Phi) is 14.2. The third-order valence-electron chi connectivity index (χ3n) is 17.0. The van der Waals surface area contributed by atoms with Crippen LogP contribution in [0.1, 0.15) is 130 Å². The van der Waals surface area contributed by atoms with E-state index in [-0.39, 0.29) is 13.2 Å². The van der Waals surface area contributed by atoms with Crippen LogP contribution in [0.25, 0.3) is 0 Å². The van der Waals surface area contributed by atoms with Gasteiger partial charge in [0.1, 0.15) is 23.0 Å². The van der Waals surface area contributed by atoms with Gasteiger partial charge in [-0.2, -0.15) is 0 Å². The second-order valence-corrected chi connectivity index (χ2v) is 23.2. The van der Waals surface area contributed by atoms with Crippen molar-refractivity contribution in [2.75, 3.05) is 61.0 Å². The van der Waals surface area contributed by atoms with Gasteiger partial charge in [-0.05, 0) is 134 Å². The number of nitrogens with zero attached hydrogens (tertiary/aromatic N) is 4. The summed E-state index contributed by atoms with van der Waals surface area (Å²) in [5.74, 6) is 1.22. The van der Waals surface area contributed by atoms with E-state index in [4.69, 9.17) is 28.4 Å². The van der Waals surface area contributed by atoms with Crippen LogP contribution < -0.4 is 29.1 Å². The molecule has 0 bridgehead atoms. The normalized spacial score (nSPS) is 16.5. The molecule has 0 aromatic heterocycles. The van der Waals surface area contributed by atoms with Crippen molar-refractivity contribution < 1.29 is 47.6 Å². The molecule has 4 aliphatic heterocycles. The number of aryl methyl sites for hydroxylation is 2. The number of hydrogen-bond acceptors (Lipinski definition) is 12. The summed E-state index contributed by atoms with van der Waals surface area (Å²) >= 11 is 0. The van der Waals surface area contributed by atoms with Gasteiger partial charge in [0, 0.05) is 90.5 Å². The molecule has 14 nitrogen and oxygen atoms in total. The zero-order valence-electron chi connectivity index (χ0n) is 49.6. The van der Waals surface area contributed by atoms with Gasteiger partial charge in [-0.25, -0.2) is 29.0 Å². The fourth-order valence-corrected chi connectivity index (χ4v) is 12.3. The minimum atomic E-state index is -1.38. The SMILES string of the molecule is CCCCOC(=O)N(c1ccc(C(C)(C)c2ccc(N(C(=O)OCCCC)c3cc4c(cc3C)Oc3cc(N(C)C)ccc3C43OC(=O)c4ccccc43)cc2)cc1)c1cc2c(cc1C)Oc1cc(N(C)C)ccc1C21OC(=O)c2ccccc21. The molecule has 4 aliphatic rings. The topological polar surface area (TPSA) is 137 Å². The summed E-state index contributed by atoms with van der Waals surface area (Å²) in [5.41, 5.74) is 8.81. The molecule has 2 unspecified atom stereocenters. The maximum Gasteiger partial charge on any atom is 0.418 e. The van der Waals surface area contributed by atoms with Gasteiger partial charge >= 0.3 is 24.1 Å². The van der Waals surface area contributed by atoms with Crippen LogP contribution in [0.3, 0.4) is 0 Å². The molecule has 0 fully saturated rings. The van der Waals surface area contributed by atoms with E-state index < -0.39 is 40.7 Å². The number of unbranched alkanes of at least 4 members (excludes halogenated alkanes) is 2. The standard InChI is InChI=1S/C71H68N4O10/c1-11-13-35-80-67(78)74(59-41-57-61(37-43(59)3)82-63-39-49(72(7)8)31-33-55(63)70(57)53-21-17-15-19-51(53)65(76)84-70)47-27-23-45(24-28-47)69(5,6)46-25-29-48(30-26-46)75(68(79)81-36-14-12-2)60-42-58-62(38-44(60)4)83-64-40-50(73(9)10)32-34-56(64)71(58)54-22-18-16-20-52(54)66(77)85-71/h15-34,37-42H,11-14,35-36H2,1-10H3. The van der Waals surface area contributed by atoms with E-state index in [2.05, 4.69) is 13.8 Å². The summed E-state index contributed by atoms with van der Waals surface area (Å²) in [5, 5.41) is 0. The van der Waals surface area contributed by atoms with Crippen molar-refractivity contribution >= 4 is 58.2 Å². The van der Waals surface area contributed by atoms with E-state index in [9.17, 15) is 19.2 Å². The Bertz CT molecular complexity index is 3750. The van der Waals surface area contributed by atoms with Crippen LogP contribution in [-0.4, -0.2) is 65.5 Å². The van der Waals surface area contributed by atoms with Crippen LogP contribution in [0.2, 0.25) is 0 Å². The number of fused-ring (bicyclic) bond motifs is 12. The lowest BCUT2D eigenvalue weighted by Gasteiger charge is -2.38. The highest BCUT2D eigenvalue weighted by Gasteiger charge is 2.56. The second kappa shape index (κ2) is 21.6. The molecule has 0 radical (unpaired) electrons. The van der Waals surface area contributed by atoms with E-state index in [1.54, 1.807) is 21.9 Å². The third-order valence-corrected chi connectivity index (χ3v) is 17.0. The Morgan fingerprint density at radius 3 is 1.20 bits per heavy atom. The summed E-state index contributed by atoms with van der Waals surface area (Å²) in [6, 6.07) is 49.9. The molecule has 0 saturated heterocycles. The van der Waals surface area contributed by atoms with E-state index in [0.717, 1.165) is 46.5 Å². The smallest absolute Gasteiger partial charge is 0.418 e. The van der Waals surface area contributed by atoms with Gasteiger partial charge in [0.25, 0.3) is 0 Å². The predicted octanol–water partition coefficient (Wildman–Crippen LogP) is 16.0. The van der Waals surface area contributed by atoms with Crippen molar-refractivity contribution in [3.05, 3.63) is 224 Å². The van der Waals surface area contributed by atoms with Crippen LogP contribution in [0, 0.1) is 13.8 Å². The van der Waals surface area contributed by atoms with E-state index >= 15 is 0 Å². The molecule has 85 heavy (non-hydrogen) atoms. The van der Waals surface area contributed by atoms with Gasteiger partial charge < -0.3 is 38.2 Å². The summed E-state index contributed by atoms with van der Waals surface area (Å²) < 4.78 is 38.6. The second-order valence-electron chi connectivity index (χ2n) is 23.2. The zero-order chi connectivity index (χ0) is 59.7.